The summed E-state index contributed by atoms with van der Waals surface area (Å²) in [6.07, 6.45) is 6.40. The van der Waals surface area contributed by atoms with E-state index in [0.717, 1.165) is 29.4 Å². The van der Waals surface area contributed by atoms with E-state index in [4.69, 9.17) is 0 Å². The molecular weight excluding hydrogens is 254 g/mol. The summed E-state index contributed by atoms with van der Waals surface area (Å²) >= 11 is 0. The Morgan fingerprint density at radius 2 is 2.15 bits per heavy atom. The van der Waals surface area contributed by atoms with Gasteiger partial charge in [-0.15, -0.1) is 0 Å². The zero-order chi connectivity index (χ0) is 13.9. The first-order chi connectivity index (χ1) is 9.74. The van der Waals surface area contributed by atoms with E-state index >= 15 is 0 Å². The van der Waals surface area contributed by atoms with Gasteiger partial charge in [0.25, 0.3) is 5.69 Å². The summed E-state index contributed by atoms with van der Waals surface area (Å²) in [5.41, 5.74) is 2.17. The molecule has 5 heteroatoms. The second kappa shape index (κ2) is 5.13. The number of aryl methyl sites for hydroxylation is 2. The average Bonchev–Trinajstić information content (AvgIpc) is 2.88. The van der Waals surface area contributed by atoms with E-state index in [-0.39, 0.29) is 10.6 Å². The van der Waals surface area contributed by atoms with Gasteiger partial charge >= 0.3 is 0 Å². The van der Waals surface area contributed by atoms with Crippen LogP contribution in [0, 0.1) is 10.1 Å². The molecule has 0 saturated heterocycles. The molecule has 2 heterocycles. The number of nitro groups is 1. The molecule has 0 fully saturated rings. The van der Waals surface area contributed by atoms with Gasteiger partial charge in [-0.3, -0.25) is 15.1 Å². The first kappa shape index (κ1) is 12.3. The highest BCUT2D eigenvalue weighted by Crippen LogP contribution is 2.22. The molecule has 1 aromatic carbocycles. The Morgan fingerprint density at radius 3 is 2.90 bits per heavy atom. The Bertz CT molecular complexity index is 750. The maximum atomic E-state index is 10.8. The summed E-state index contributed by atoms with van der Waals surface area (Å²) in [5, 5.41) is 11.9. The second-order valence-corrected chi connectivity index (χ2v) is 4.62. The van der Waals surface area contributed by atoms with Gasteiger partial charge in [0.05, 0.1) is 10.4 Å². The summed E-state index contributed by atoms with van der Waals surface area (Å²) < 4.78 is 2.04. The topological polar surface area (TPSA) is 61.0 Å². The predicted octanol–water partition coefficient (Wildman–Crippen LogP) is 3.19. The standard InChI is InChI=1S/C15H13N3O2/c19-18(20)14-4-3-13-6-9-17(15(13)10-14)8-5-12-2-1-7-16-11-12/h1-4,6-7,9-11H,5,8H2. The molecule has 0 spiro atoms. The molecule has 0 aliphatic carbocycles. The van der Waals surface area contributed by atoms with Crippen LogP contribution in [0.3, 0.4) is 0 Å². The summed E-state index contributed by atoms with van der Waals surface area (Å²) in [4.78, 5) is 14.6. The minimum Gasteiger partial charge on any atom is -0.347 e. The van der Waals surface area contributed by atoms with Crippen LogP contribution in [0.5, 0.6) is 0 Å². The summed E-state index contributed by atoms with van der Waals surface area (Å²) in [6, 6.07) is 10.9. The van der Waals surface area contributed by atoms with Crippen LogP contribution in [0.15, 0.2) is 55.0 Å². The third kappa shape index (κ3) is 2.38. The number of benzene rings is 1. The molecule has 0 unspecified atom stereocenters. The Labute approximate surface area is 115 Å². The minimum absolute atomic E-state index is 0.124. The number of nitrogens with zero attached hydrogens (tertiary/aromatic N) is 3. The molecule has 0 radical (unpaired) electrons. The molecule has 0 N–H and O–H groups in total. The van der Waals surface area contributed by atoms with Crippen LogP contribution >= 0.6 is 0 Å². The van der Waals surface area contributed by atoms with E-state index in [1.165, 1.54) is 6.07 Å². The minimum atomic E-state index is -0.363. The molecule has 3 rings (SSSR count). The lowest BCUT2D eigenvalue weighted by Gasteiger charge is -2.05. The predicted molar refractivity (Wildman–Crippen MR) is 76.5 cm³/mol. The SMILES string of the molecule is O=[N+]([O-])c1ccc2ccn(CCc3cccnc3)c2c1. The maximum absolute atomic E-state index is 10.8. The number of hydrogen-bond donors (Lipinski definition) is 0. The molecule has 2 aromatic heterocycles. The highest BCUT2D eigenvalue weighted by atomic mass is 16.6. The molecule has 3 aromatic rings. The van der Waals surface area contributed by atoms with Crippen molar-refractivity contribution in [1.82, 2.24) is 9.55 Å². The normalized spacial score (nSPS) is 10.8. The molecule has 20 heavy (non-hydrogen) atoms. The largest absolute Gasteiger partial charge is 0.347 e. The first-order valence-electron chi connectivity index (χ1n) is 6.36. The van der Waals surface area contributed by atoms with E-state index in [1.54, 1.807) is 18.3 Å². The number of hydrogen-bond acceptors (Lipinski definition) is 3. The average molecular weight is 267 g/mol. The van der Waals surface area contributed by atoms with Crippen LogP contribution in [-0.4, -0.2) is 14.5 Å². The Kier molecular flexibility index (Phi) is 3.16. The van der Waals surface area contributed by atoms with Crippen LogP contribution in [0.2, 0.25) is 0 Å². The van der Waals surface area contributed by atoms with Gasteiger partial charge in [0, 0.05) is 42.7 Å². The van der Waals surface area contributed by atoms with Gasteiger partial charge in [0.2, 0.25) is 0 Å². The van der Waals surface area contributed by atoms with E-state index in [1.807, 2.05) is 35.2 Å². The van der Waals surface area contributed by atoms with Gasteiger partial charge in [0.1, 0.15) is 0 Å². The molecule has 0 aliphatic heterocycles. The van der Waals surface area contributed by atoms with Gasteiger partial charge in [0.15, 0.2) is 0 Å². The summed E-state index contributed by atoms with van der Waals surface area (Å²) in [6.45, 7) is 0.774. The van der Waals surface area contributed by atoms with Crippen molar-refractivity contribution in [3.8, 4) is 0 Å². The Morgan fingerprint density at radius 1 is 1.25 bits per heavy atom. The van der Waals surface area contributed by atoms with Crippen molar-refractivity contribution in [3.05, 3.63) is 70.7 Å². The molecule has 0 amide bonds. The van der Waals surface area contributed by atoms with E-state index in [0.29, 0.717) is 0 Å². The lowest BCUT2D eigenvalue weighted by Crippen LogP contribution is -2.00. The Hall–Kier alpha value is -2.69. The number of rotatable bonds is 4. The number of aromatic nitrogens is 2. The lowest BCUT2D eigenvalue weighted by molar-refractivity contribution is -0.384. The lowest BCUT2D eigenvalue weighted by atomic mass is 10.2. The smallest absolute Gasteiger partial charge is 0.271 e. The molecule has 0 atom stereocenters. The fourth-order valence-corrected chi connectivity index (χ4v) is 2.28. The Balaban J connectivity index is 1.88. The van der Waals surface area contributed by atoms with Gasteiger partial charge < -0.3 is 4.57 Å². The van der Waals surface area contributed by atoms with Crippen molar-refractivity contribution < 1.29 is 4.92 Å². The third-order valence-corrected chi connectivity index (χ3v) is 3.33. The highest BCUT2D eigenvalue weighted by Gasteiger charge is 2.09. The first-order valence-corrected chi connectivity index (χ1v) is 6.36. The van der Waals surface area contributed by atoms with Crippen LogP contribution < -0.4 is 0 Å². The fraction of sp³-hybridized carbons (Fsp3) is 0.133. The molecule has 100 valence electrons. The van der Waals surface area contributed by atoms with Crippen LogP contribution in [0.25, 0.3) is 10.9 Å². The molecule has 0 saturated carbocycles. The number of fused-ring (bicyclic) bond motifs is 1. The third-order valence-electron chi connectivity index (χ3n) is 3.33. The van der Waals surface area contributed by atoms with Crippen molar-refractivity contribution >= 4 is 16.6 Å². The highest BCUT2D eigenvalue weighted by molar-refractivity contribution is 5.82. The van der Waals surface area contributed by atoms with Crippen LogP contribution in [0.4, 0.5) is 5.69 Å². The monoisotopic (exact) mass is 267 g/mol. The van der Waals surface area contributed by atoms with Crippen LogP contribution in [-0.2, 0) is 13.0 Å². The molecule has 5 nitrogen and oxygen atoms in total. The molecule has 0 aliphatic rings. The van der Waals surface area contributed by atoms with E-state index < -0.39 is 0 Å². The quantitative estimate of drug-likeness (QED) is 0.538. The van der Waals surface area contributed by atoms with Crippen molar-refractivity contribution in [3.63, 3.8) is 0 Å². The zero-order valence-electron chi connectivity index (χ0n) is 10.8. The summed E-state index contributed by atoms with van der Waals surface area (Å²) in [5.74, 6) is 0. The number of non-ortho nitro benzene ring substituents is 1. The van der Waals surface area contributed by atoms with Gasteiger partial charge in [-0.1, -0.05) is 6.07 Å². The van der Waals surface area contributed by atoms with E-state index in [2.05, 4.69) is 4.98 Å². The van der Waals surface area contributed by atoms with Crippen molar-refractivity contribution in [2.45, 2.75) is 13.0 Å². The fourth-order valence-electron chi connectivity index (χ4n) is 2.28. The molecular formula is C15H13N3O2. The number of pyridine rings is 1. The van der Waals surface area contributed by atoms with Gasteiger partial charge in [-0.25, -0.2) is 0 Å². The molecule has 0 bridgehead atoms. The zero-order valence-corrected chi connectivity index (χ0v) is 10.8. The van der Waals surface area contributed by atoms with Crippen molar-refractivity contribution in [2.75, 3.05) is 0 Å². The van der Waals surface area contributed by atoms with Gasteiger partial charge in [-0.05, 0) is 30.2 Å². The maximum Gasteiger partial charge on any atom is 0.271 e. The van der Waals surface area contributed by atoms with Crippen molar-refractivity contribution in [1.29, 1.82) is 0 Å². The van der Waals surface area contributed by atoms with Crippen LogP contribution in [0.1, 0.15) is 5.56 Å². The number of nitro benzene ring substituents is 1. The van der Waals surface area contributed by atoms with Gasteiger partial charge in [-0.2, -0.15) is 0 Å². The second-order valence-electron chi connectivity index (χ2n) is 4.62. The van der Waals surface area contributed by atoms with E-state index in [9.17, 15) is 10.1 Å². The summed E-state index contributed by atoms with van der Waals surface area (Å²) in [7, 11) is 0. The van der Waals surface area contributed by atoms with Crippen molar-refractivity contribution in [2.24, 2.45) is 0 Å².